The summed E-state index contributed by atoms with van der Waals surface area (Å²) in [4.78, 5) is 4.80. The van der Waals surface area contributed by atoms with Gasteiger partial charge in [-0.3, -0.25) is 4.98 Å². The number of hydrogen-bond donors (Lipinski definition) is 1. The van der Waals surface area contributed by atoms with Crippen molar-refractivity contribution in [2.24, 2.45) is 0 Å². The molecule has 33 heavy (non-hydrogen) atoms. The Kier molecular flexibility index (Phi) is 5.74. The van der Waals surface area contributed by atoms with Gasteiger partial charge in [0.15, 0.2) is 0 Å². The maximum absolute atomic E-state index is 14.1. The molecule has 0 fully saturated rings. The lowest BCUT2D eigenvalue weighted by Gasteiger charge is -2.46. The molecule has 1 aliphatic heterocycles. The van der Waals surface area contributed by atoms with Crippen LogP contribution in [-0.2, 0) is 25.8 Å². The predicted octanol–water partition coefficient (Wildman–Crippen LogP) is 5.01. The van der Waals surface area contributed by atoms with Gasteiger partial charge in [0.2, 0.25) is 5.82 Å². The zero-order chi connectivity index (χ0) is 22.8. The topological polar surface area (TPSA) is 90.4 Å². The summed E-state index contributed by atoms with van der Waals surface area (Å²) in [7, 11) is 0. The summed E-state index contributed by atoms with van der Waals surface area (Å²) >= 11 is 0. The lowest BCUT2D eigenvalue weighted by molar-refractivity contribution is 0.337. The molecule has 0 aliphatic carbocycles. The number of aromatic nitrogens is 5. The molecule has 0 saturated heterocycles. The van der Waals surface area contributed by atoms with Gasteiger partial charge < -0.3 is 9.85 Å². The number of rotatable bonds is 6. The Morgan fingerprint density at radius 3 is 2.48 bits per heavy atom. The van der Waals surface area contributed by atoms with Gasteiger partial charge in [0.05, 0.1) is 6.54 Å². The molecule has 0 bridgehead atoms. The number of aromatic amines is 1. The highest BCUT2D eigenvalue weighted by molar-refractivity contribution is 5.80. The van der Waals surface area contributed by atoms with Crippen LogP contribution in [0.5, 0.6) is 0 Å². The molecule has 2 aromatic carbocycles. The van der Waals surface area contributed by atoms with Crippen molar-refractivity contribution >= 4 is 5.69 Å². The van der Waals surface area contributed by atoms with Crippen molar-refractivity contribution in [3.8, 4) is 22.5 Å². The van der Waals surface area contributed by atoms with Crippen LogP contribution in [0.4, 0.5) is 5.69 Å². The van der Waals surface area contributed by atoms with E-state index in [1.54, 1.807) is 0 Å². The fraction of sp³-hybridized carbons (Fsp3) is 0.308. The predicted molar refractivity (Wildman–Crippen MR) is 130 cm³/mol. The standard InChI is InChI=1S/C26H28N6O/c1-3-20-16-25-23(24(4-2)27-20)10-7-15-32(25,33)17-18-11-13-19(14-12-18)21-8-5-6-9-22(21)26-28-30-31-29-26/h5-6,8-9,11-14,16H,3-4,7,10,15,17H2,1-2H3,(H,28,29,30,31). The van der Waals surface area contributed by atoms with E-state index < -0.39 is 0 Å². The van der Waals surface area contributed by atoms with Crippen molar-refractivity contribution in [3.63, 3.8) is 0 Å². The van der Waals surface area contributed by atoms with E-state index >= 15 is 0 Å². The third-order valence-corrected chi connectivity index (χ3v) is 6.54. The molecule has 1 N–H and O–H groups in total. The Balaban J connectivity index is 1.46. The average molecular weight is 441 g/mol. The molecule has 1 aliphatic rings. The molecule has 1 unspecified atom stereocenters. The summed E-state index contributed by atoms with van der Waals surface area (Å²) in [5.41, 5.74) is 8.23. The second-order valence-corrected chi connectivity index (χ2v) is 8.62. The minimum Gasteiger partial charge on any atom is -0.627 e. The van der Waals surface area contributed by atoms with Crippen LogP contribution in [0.3, 0.4) is 0 Å². The van der Waals surface area contributed by atoms with Gasteiger partial charge in [-0.15, -0.1) is 10.2 Å². The SMILES string of the molecule is CCc1cc2c(c(CC)n1)CCC[N+]2([O-])Cc1ccc(-c2ccccc2-c2nn[nH]n2)cc1. The molecule has 0 amide bonds. The van der Waals surface area contributed by atoms with E-state index in [0.29, 0.717) is 18.9 Å². The van der Waals surface area contributed by atoms with E-state index in [-0.39, 0.29) is 4.65 Å². The molecule has 168 valence electrons. The molecule has 3 heterocycles. The summed E-state index contributed by atoms with van der Waals surface area (Å²) in [5.74, 6) is 0.565. The van der Waals surface area contributed by atoms with Crippen LogP contribution >= 0.6 is 0 Å². The minimum atomic E-state index is -0.309. The fourth-order valence-electron chi connectivity index (χ4n) is 4.86. The normalized spacial score (nSPS) is 17.7. The zero-order valence-corrected chi connectivity index (χ0v) is 19.1. The van der Waals surface area contributed by atoms with E-state index in [0.717, 1.165) is 65.0 Å². The van der Waals surface area contributed by atoms with E-state index in [1.165, 1.54) is 5.56 Å². The fourth-order valence-corrected chi connectivity index (χ4v) is 4.86. The first-order valence-corrected chi connectivity index (χ1v) is 11.6. The Morgan fingerprint density at radius 2 is 1.79 bits per heavy atom. The maximum Gasteiger partial charge on any atom is 0.205 e. The monoisotopic (exact) mass is 440 g/mol. The van der Waals surface area contributed by atoms with Gasteiger partial charge in [-0.05, 0) is 35.6 Å². The number of nitrogens with zero attached hydrogens (tertiary/aromatic N) is 5. The largest absolute Gasteiger partial charge is 0.627 e. The van der Waals surface area contributed by atoms with Crippen molar-refractivity contribution in [3.05, 3.63) is 82.3 Å². The summed E-state index contributed by atoms with van der Waals surface area (Å²) < 4.78 is -0.309. The number of hydroxylamine groups is 2. The van der Waals surface area contributed by atoms with Crippen LogP contribution in [-0.4, -0.2) is 32.2 Å². The summed E-state index contributed by atoms with van der Waals surface area (Å²) in [6.07, 6.45) is 3.55. The van der Waals surface area contributed by atoms with E-state index in [1.807, 2.05) is 18.2 Å². The van der Waals surface area contributed by atoms with Crippen LogP contribution in [0, 0.1) is 5.21 Å². The summed E-state index contributed by atoms with van der Waals surface area (Å²) in [5, 5.41) is 28.6. The van der Waals surface area contributed by atoms with Crippen molar-refractivity contribution in [2.45, 2.75) is 46.1 Å². The van der Waals surface area contributed by atoms with Gasteiger partial charge in [-0.25, -0.2) is 0 Å². The molecule has 7 heteroatoms. The van der Waals surface area contributed by atoms with Crippen LogP contribution in [0.15, 0.2) is 54.6 Å². The molecular formula is C26H28N6O. The highest BCUT2D eigenvalue weighted by Gasteiger charge is 2.31. The Bertz CT molecular complexity index is 1250. The molecular weight excluding hydrogens is 412 g/mol. The molecule has 0 saturated carbocycles. The molecule has 5 rings (SSSR count). The van der Waals surface area contributed by atoms with E-state index in [9.17, 15) is 5.21 Å². The Morgan fingerprint density at radius 1 is 1.00 bits per heavy atom. The number of fused-ring (bicyclic) bond motifs is 1. The second-order valence-electron chi connectivity index (χ2n) is 8.62. The zero-order valence-electron chi connectivity index (χ0n) is 19.1. The number of pyridine rings is 1. The molecule has 7 nitrogen and oxygen atoms in total. The van der Waals surface area contributed by atoms with Gasteiger partial charge in [-0.1, -0.05) is 62.4 Å². The summed E-state index contributed by atoms with van der Waals surface area (Å²) in [6.45, 7) is 5.25. The minimum absolute atomic E-state index is 0.309. The van der Waals surface area contributed by atoms with Crippen molar-refractivity contribution in [2.75, 3.05) is 6.54 Å². The van der Waals surface area contributed by atoms with Crippen LogP contribution in [0.1, 0.15) is 42.8 Å². The first kappa shape index (κ1) is 21.4. The Labute approximate surface area is 193 Å². The molecule has 1 atom stereocenters. The summed E-state index contributed by atoms with van der Waals surface area (Å²) in [6, 6.07) is 18.3. The third kappa shape index (κ3) is 4.05. The van der Waals surface area contributed by atoms with Crippen LogP contribution < -0.4 is 4.65 Å². The third-order valence-electron chi connectivity index (χ3n) is 6.54. The quantitative estimate of drug-likeness (QED) is 0.336. The van der Waals surface area contributed by atoms with Crippen molar-refractivity contribution in [1.82, 2.24) is 30.3 Å². The first-order valence-electron chi connectivity index (χ1n) is 11.6. The number of nitrogens with one attached hydrogen (secondary N) is 1. The van der Waals surface area contributed by atoms with Gasteiger partial charge in [0, 0.05) is 40.6 Å². The smallest absolute Gasteiger partial charge is 0.205 e. The second kappa shape index (κ2) is 8.84. The first-order chi connectivity index (χ1) is 16.1. The number of quaternary nitrogens is 1. The van der Waals surface area contributed by atoms with Gasteiger partial charge in [-0.2, -0.15) is 5.21 Å². The molecule has 2 aromatic heterocycles. The van der Waals surface area contributed by atoms with Crippen molar-refractivity contribution in [1.29, 1.82) is 0 Å². The number of H-pyrrole nitrogens is 1. The molecule has 0 radical (unpaired) electrons. The number of aryl methyl sites for hydroxylation is 2. The van der Waals surface area contributed by atoms with Crippen LogP contribution in [0.25, 0.3) is 22.5 Å². The molecule has 4 aromatic rings. The van der Waals surface area contributed by atoms with Crippen LogP contribution in [0.2, 0.25) is 0 Å². The lowest BCUT2D eigenvalue weighted by atomic mass is 9.96. The van der Waals surface area contributed by atoms with Crippen molar-refractivity contribution < 1.29 is 0 Å². The highest BCUT2D eigenvalue weighted by atomic mass is 16.5. The number of hydrogen-bond acceptors (Lipinski definition) is 5. The molecule has 0 spiro atoms. The van der Waals surface area contributed by atoms with Gasteiger partial charge >= 0.3 is 0 Å². The highest BCUT2D eigenvalue weighted by Crippen LogP contribution is 2.37. The number of tetrazole rings is 1. The maximum atomic E-state index is 14.1. The van der Waals surface area contributed by atoms with Gasteiger partial charge in [0.1, 0.15) is 12.2 Å². The van der Waals surface area contributed by atoms with E-state index in [2.05, 4.69) is 70.9 Å². The Hall–Kier alpha value is -3.42. The number of benzene rings is 2. The lowest BCUT2D eigenvalue weighted by Crippen LogP contribution is -2.46. The van der Waals surface area contributed by atoms with E-state index in [4.69, 9.17) is 4.98 Å². The van der Waals surface area contributed by atoms with Gasteiger partial charge in [0.25, 0.3) is 0 Å². The average Bonchev–Trinajstić information content (AvgIpc) is 3.39.